The Morgan fingerprint density at radius 2 is 2.08 bits per heavy atom. The zero-order chi connectivity index (χ0) is 18.6. The number of nitrogens with one attached hydrogen (secondary N) is 1. The van der Waals surface area contributed by atoms with Crippen LogP contribution in [0.2, 0.25) is 0 Å². The van der Waals surface area contributed by atoms with Crippen molar-refractivity contribution in [1.82, 2.24) is 10.2 Å². The molecule has 0 spiro atoms. The first-order valence-corrected chi connectivity index (χ1v) is 9.02. The smallest absolute Gasteiger partial charge is 0.299 e. The van der Waals surface area contributed by atoms with Gasteiger partial charge in [0, 0.05) is 5.56 Å². The lowest BCUT2D eigenvalue weighted by Crippen LogP contribution is -2.20. The van der Waals surface area contributed by atoms with Crippen molar-refractivity contribution >= 4 is 51.5 Å². The van der Waals surface area contributed by atoms with E-state index in [1.165, 1.54) is 19.1 Å². The first kappa shape index (κ1) is 19.7. The number of benzene rings is 1. The number of hydrogen-bond acceptors (Lipinski definition) is 6. The molecule has 1 unspecified atom stereocenters. The molecule has 11 heteroatoms. The Hall–Kier alpha value is -1.65. The summed E-state index contributed by atoms with van der Waals surface area (Å²) in [5, 5.41) is 9.48. The second-order valence-electron chi connectivity index (χ2n) is 4.77. The van der Waals surface area contributed by atoms with Gasteiger partial charge in [0.2, 0.25) is 11.0 Å². The third-order valence-corrected chi connectivity index (χ3v) is 5.01. The van der Waals surface area contributed by atoms with Gasteiger partial charge >= 0.3 is 6.18 Å². The van der Waals surface area contributed by atoms with E-state index >= 15 is 0 Å². The van der Waals surface area contributed by atoms with Crippen LogP contribution in [0.3, 0.4) is 0 Å². The topological polar surface area (TPSA) is 72.0 Å². The van der Waals surface area contributed by atoms with Crippen LogP contribution in [0.25, 0.3) is 0 Å². The molecule has 0 aliphatic rings. The van der Waals surface area contributed by atoms with Crippen LogP contribution in [-0.4, -0.2) is 33.0 Å². The van der Waals surface area contributed by atoms with Gasteiger partial charge in [0.1, 0.15) is 5.38 Å². The summed E-state index contributed by atoms with van der Waals surface area (Å²) in [6, 6.07) is 4.23. The molecule has 5 nitrogen and oxygen atoms in total. The van der Waals surface area contributed by atoms with Crippen LogP contribution in [0, 0.1) is 0 Å². The van der Waals surface area contributed by atoms with E-state index in [1.54, 1.807) is 0 Å². The predicted octanol–water partition coefficient (Wildman–Crippen LogP) is 4.10. The molecule has 0 saturated heterocycles. The molecule has 1 N–H and O–H groups in total. The summed E-state index contributed by atoms with van der Waals surface area (Å²) in [6.07, 6.45) is -4.50. The number of hydrogen-bond donors (Lipinski definition) is 1. The third kappa shape index (κ3) is 5.68. The number of carbonyl (C=O) groups is 2. The Bertz CT molecular complexity index is 781. The van der Waals surface area contributed by atoms with Crippen molar-refractivity contribution in [3.8, 4) is 0 Å². The highest BCUT2D eigenvalue weighted by atomic mass is 35.5. The van der Waals surface area contributed by atoms with E-state index in [0.29, 0.717) is 4.34 Å². The van der Waals surface area contributed by atoms with Gasteiger partial charge in [-0.1, -0.05) is 35.2 Å². The van der Waals surface area contributed by atoms with Gasteiger partial charge in [0.15, 0.2) is 10.1 Å². The zero-order valence-corrected chi connectivity index (χ0v) is 15.0. The fourth-order valence-electron chi connectivity index (χ4n) is 1.60. The fraction of sp³-hybridized carbons (Fsp3) is 0.286. The molecule has 0 fully saturated rings. The summed E-state index contributed by atoms with van der Waals surface area (Å²) in [5.41, 5.74) is -0.907. The van der Waals surface area contributed by atoms with Crippen LogP contribution in [-0.2, 0) is 11.0 Å². The number of ketones is 1. The molecule has 0 aliphatic carbocycles. The average molecular weight is 410 g/mol. The van der Waals surface area contributed by atoms with E-state index in [1.807, 2.05) is 0 Å². The summed E-state index contributed by atoms with van der Waals surface area (Å²) in [7, 11) is 0. The molecule has 1 atom stereocenters. The number of aromatic nitrogens is 2. The molecule has 1 aromatic carbocycles. The van der Waals surface area contributed by atoms with Crippen molar-refractivity contribution in [2.45, 2.75) is 22.8 Å². The second-order valence-corrected chi connectivity index (χ2v) is 7.62. The van der Waals surface area contributed by atoms with Crippen LogP contribution < -0.4 is 5.32 Å². The summed E-state index contributed by atoms with van der Waals surface area (Å²) in [6.45, 7) is 1.50. The Kier molecular flexibility index (Phi) is 6.42. The van der Waals surface area contributed by atoms with Crippen LogP contribution in [0.1, 0.15) is 22.8 Å². The van der Waals surface area contributed by atoms with E-state index < -0.39 is 28.8 Å². The van der Waals surface area contributed by atoms with Gasteiger partial charge in [0.05, 0.1) is 11.3 Å². The average Bonchev–Trinajstić information content (AvgIpc) is 2.99. The zero-order valence-electron chi connectivity index (χ0n) is 12.6. The number of amides is 1. The highest BCUT2D eigenvalue weighted by Gasteiger charge is 2.30. The van der Waals surface area contributed by atoms with Crippen LogP contribution >= 0.6 is 34.7 Å². The first-order valence-electron chi connectivity index (χ1n) is 6.78. The fourth-order valence-corrected chi connectivity index (χ4v) is 3.31. The maximum atomic E-state index is 12.7. The molecule has 25 heavy (non-hydrogen) atoms. The molecule has 1 heterocycles. The number of nitrogens with zero attached hydrogens (tertiary/aromatic N) is 2. The molecule has 2 aromatic rings. The number of anilines is 1. The number of Topliss-reactive ketones (excluding diaryl/α,β-unsaturated/α-hetero) is 1. The summed E-state index contributed by atoms with van der Waals surface area (Å²) < 4.78 is 38.4. The monoisotopic (exact) mass is 409 g/mol. The lowest BCUT2D eigenvalue weighted by atomic mass is 10.1. The SMILES string of the molecule is CC(Cl)C(=O)Nc1nnc(SCC(=O)c2cccc(C(F)(F)F)c2)s1. The standard InChI is InChI=1S/C14H11ClF3N3O2S2/c1-7(15)11(23)19-12-20-21-13(25-12)24-6-10(22)8-3-2-4-9(5-8)14(16,17)18/h2-5,7H,6H2,1H3,(H,19,20,23). The van der Waals surface area contributed by atoms with Crippen molar-refractivity contribution < 1.29 is 22.8 Å². The van der Waals surface area contributed by atoms with E-state index in [-0.39, 0.29) is 16.4 Å². The molecule has 134 valence electrons. The van der Waals surface area contributed by atoms with Gasteiger partial charge in [0.25, 0.3) is 0 Å². The molecular formula is C14H11ClF3N3O2S2. The normalized spacial score (nSPS) is 12.7. The van der Waals surface area contributed by atoms with Gasteiger partial charge in [-0.05, 0) is 19.1 Å². The predicted molar refractivity (Wildman–Crippen MR) is 90.4 cm³/mol. The quantitative estimate of drug-likeness (QED) is 0.336. The minimum absolute atomic E-state index is 0.0312. The van der Waals surface area contributed by atoms with Crippen LogP contribution in [0.15, 0.2) is 28.6 Å². The highest BCUT2D eigenvalue weighted by Crippen LogP contribution is 2.30. The van der Waals surface area contributed by atoms with Crippen molar-refractivity contribution in [3.05, 3.63) is 35.4 Å². The number of halogens is 4. The molecule has 0 aliphatic heterocycles. The molecule has 2 rings (SSSR count). The largest absolute Gasteiger partial charge is 0.416 e. The number of carbonyl (C=O) groups excluding carboxylic acids is 2. The molecular weight excluding hydrogens is 399 g/mol. The number of thioether (sulfide) groups is 1. The van der Waals surface area contributed by atoms with E-state index in [9.17, 15) is 22.8 Å². The van der Waals surface area contributed by atoms with Gasteiger partial charge < -0.3 is 0 Å². The Labute approximate surface area is 154 Å². The summed E-state index contributed by atoms with van der Waals surface area (Å²) >= 11 is 7.68. The minimum Gasteiger partial charge on any atom is -0.299 e. The first-order chi connectivity index (χ1) is 11.7. The van der Waals surface area contributed by atoms with Crippen molar-refractivity contribution in [1.29, 1.82) is 0 Å². The third-order valence-electron chi connectivity index (χ3n) is 2.84. The summed E-state index contributed by atoms with van der Waals surface area (Å²) in [4.78, 5) is 23.5. The molecule has 1 amide bonds. The van der Waals surface area contributed by atoms with Gasteiger partial charge in [-0.2, -0.15) is 13.2 Å². The maximum Gasteiger partial charge on any atom is 0.416 e. The maximum absolute atomic E-state index is 12.7. The minimum atomic E-state index is -4.50. The van der Waals surface area contributed by atoms with Gasteiger partial charge in [-0.15, -0.1) is 21.8 Å². The van der Waals surface area contributed by atoms with Gasteiger partial charge in [-0.25, -0.2) is 0 Å². The van der Waals surface area contributed by atoms with E-state index in [0.717, 1.165) is 35.2 Å². The molecule has 1 aromatic heterocycles. The van der Waals surface area contributed by atoms with Crippen LogP contribution in [0.5, 0.6) is 0 Å². The van der Waals surface area contributed by atoms with Crippen molar-refractivity contribution in [3.63, 3.8) is 0 Å². The lowest BCUT2D eigenvalue weighted by Gasteiger charge is -2.07. The number of alkyl halides is 4. The Balaban J connectivity index is 1.97. The summed E-state index contributed by atoms with van der Waals surface area (Å²) in [5.74, 6) is -1.00. The van der Waals surface area contributed by atoms with Crippen molar-refractivity contribution in [2.24, 2.45) is 0 Å². The Morgan fingerprint density at radius 1 is 1.36 bits per heavy atom. The van der Waals surface area contributed by atoms with E-state index in [4.69, 9.17) is 11.6 Å². The molecule has 0 radical (unpaired) electrons. The van der Waals surface area contributed by atoms with E-state index in [2.05, 4.69) is 15.5 Å². The van der Waals surface area contributed by atoms with Crippen molar-refractivity contribution in [2.75, 3.05) is 11.1 Å². The number of rotatable bonds is 6. The lowest BCUT2D eigenvalue weighted by molar-refractivity contribution is -0.137. The highest BCUT2D eigenvalue weighted by molar-refractivity contribution is 8.01. The van der Waals surface area contributed by atoms with Crippen LogP contribution in [0.4, 0.5) is 18.3 Å². The second kappa shape index (κ2) is 8.15. The molecule has 0 bridgehead atoms. The molecule has 0 saturated carbocycles. The Morgan fingerprint density at radius 3 is 2.72 bits per heavy atom. The van der Waals surface area contributed by atoms with Gasteiger partial charge in [-0.3, -0.25) is 14.9 Å².